The molecule has 0 saturated heterocycles. The molecule has 0 radical (unpaired) electrons. The van der Waals surface area contributed by atoms with Crippen LogP contribution in [0.5, 0.6) is 0 Å². The van der Waals surface area contributed by atoms with Gasteiger partial charge in [0.25, 0.3) is 0 Å². The van der Waals surface area contributed by atoms with Gasteiger partial charge >= 0.3 is 17.1 Å². The van der Waals surface area contributed by atoms with E-state index in [-0.39, 0.29) is 17.1 Å². The van der Waals surface area contributed by atoms with Crippen molar-refractivity contribution in [3.63, 3.8) is 0 Å². The van der Waals surface area contributed by atoms with Crippen LogP contribution in [0.3, 0.4) is 0 Å². The second kappa shape index (κ2) is 7.24. The van der Waals surface area contributed by atoms with Gasteiger partial charge in [0.05, 0.1) is 11.4 Å². The van der Waals surface area contributed by atoms with Crippen molar-refractivity contribution in [3.8, 4) is 0 Å². The molecule has 0 bridgehead atoms. The van der Waals surface area contributed by atoms with E-state index in [1.54, 1.807) is 0 Å². The number of aliphatic carboxylic acids is 1. The minimum absolute atomic E-state index is 0. The zero-order chi connectivity index (χ0) is 13.0. The minimum Gasteiger partial charge on any atom is -0.550 e. The smallest absolute Gasteiger partial charge is 0.550 e. The average molecular weight is 322 g/mol. The number of benzene rings is 2. The quantitative estimate of drug-likeness (QED) is 0.647. The van der Waals surface area contributed by atoms with E-state index in [0.29, 0.717) is 0 Å². The number of carboxylic acid groups (broad SMARTS) is 1. The van der Waals surface area contributed by atoms with Gasteiger partial charge in [0.2, 0.25) is 0 Å². The summed E-state index contributed by atoms with van der Waals surface area (Å²) in [6.45, 7) is 0.972. The summed E-state index contributed by atoms with van der Waals surface area (Å²) in [6.07, 6.45) is 0. The summed E-state index contributed by atoms with van der Waals surface area (Å²) in [4.78, 5) is 11.5. The van der Waals surface area contributed by atoms with Crippen LogP contribution in [0.15, 0.2) is 58.3 Å². The first-order valence-corrected chi connectivity index (χ1v) is 6.29. The number of carboxylic acids is 1. The van der Waals surface area contributed by atoms with Crippen molar-refractivity contribution in [1.82, 2.24) is 0 Å². The van der Waals surface area contributed by atoms with Crippen LogP contribution in [0, 0.1) is 0 Å². The molecular formula is C14H12CuNO2S. The van der Waals surface area contributed by atoms with Crippen LogP contribution in [-0.4, -0.2) is 5.97 Å². The Labute approximate surface area is 126 Å². The monoisotopic (exact) mass is 321 g/mol. The van der Waals surface area contributed by atoms with Crippen molar-refractivity contribution in [3.05, 3.63) is 48.5 Å². The number of nitrogens with one attached hydrogen (secondary N) is 1. The van der Waals surface area contributed by atoms with Gasteiger partial charge in [-0.05, 0) is 31.2 Å². The molecule has 3 rings (SSSR count). The summed E-state index contributed by atoms with van der Waals surface area (Å²) in [6, 6.07) is 16.8. The average Bonchev–Trinajstić information content (AvgIpc) is 2.35. The first-order chi connectivity index (χ1) is 8.66. The second-order valence-corrected chi connectivity index (χ2v) is 4.79. The Morgan fingerprint density at radius 3 is 1.79 bits per heavy atom. The number of hydrogen-bond acceptors (Lipinski definition) is 4. The Bertz CT molecular complexity index is 483. The first-order valence-electron chi connectivity index (χ1n) is 5.47. The maximum atomic E-state index is 8.89. The summed E-state index contributed by atoms with van der Waals surface area (Å²) >= 11 is 1.82. The molecule has 102 valence electrons. The zero-order valence-electron chi connectivity index (χ0n) is 10.1. The molecular weight excluding hydrogens is 310 g/mol. The van der Waals surface area contributed by atoms with Gasteiger partial charge < -0.3 is 15.2 Å². The maximum absolute atomic E-state index is 8.89. The molecule has 1 N–H and O–H groups in total. The minimum atomic E-state index is -1.08. The number of anilines is 2. The van der Waals surface area contributed by atoms with Gasteiger partial charge in [-0.2, -0.15) is 0 Å². The zero-order valence-corrected chi connectivity index (χ0v) is 11.9. The number of carbonyl (C=O) groups excluding carboxylic acids is 1. The van der Waals surface area contributed by atoms with Crippen LogP contribution < -0.4 is 10.4 Å². The number of carbonyl (C=O) groups is 1. The Morgan fingerprint density at radius 1 is 1.00 bits per heavy atom. The van der Waals surface area contributed by atoms with E-state index in [2.05, 4.69) is 53.8 Å². The topological polar surface area (TPSA) is 52.2 Å². The van der Waals surface area contributed by atoms with Crippen LogP contribution >= 0.6 is 11.8 Å². The summed E-state index contributed by atoms with van der Waals surface area (Å²) in [5.74, 6) is -1.08. The molecule has 2 aromatic rings. The van der Waals surface area contributed by atoms with Crippen molar-refractivity contribution in [2.45, 2.75) is 16.7 Å². The van der Waals surface area contributed by atoms with Gasteiger partial charge in [-0.15, -0.1) is 0 Å². The standard InChI is InChI=1S/C12H9NS.C2H4O2.Cu/c1-3-7-11-9(5-1)13-10-6-2-4-8-12(10)14-11;1-2(3)4;/h1-8,13H;1H3,(H,3,4);/q;;+1/p-1. The largest absolute Gasteiger partial charge is 1.00 e. The summed E-state index contributed by atoms with van der Waals surface area (Å²) < 4.78 is 0. The SMILES string of the molecule is CC(=O)[O-].[Cu+].c1ccc2c(c1)Nc1ccccc1S2. The van der Waals surface area contributed by atoms with Crippen LogP contribution in [0.25, 0.3) is 0 Å². The van der Waals surface area contributed by atoms with Crippen LogP contribution in [0.2, 0.25) is 0 Å². The summed E-state index contributed by atoms with van der Waals surface area (Å²) in [7, 11) is 0. The number of rotatable bonds is 0. The fourth-order valence-electron chi connectivity index (χ4n) is 1.58. The van der Waals surface area contributed by atoms with Gasteiger partial charge in [-0.3, -0.25) is 0 Å². The third-order valence-electron chi connectivity index (χ3n) is 2.26. The Morgan fingerprint density at radius 2 is 1.37 bits per heavy atom. The number of fused-ring (bicyclic) bond motifs is 2. The molecule has 0 atom stereocenters. The molecule has 0 unspecified atom stereocenters. The number of para-hydroxylation sites is 2. The van der Waals surface area contributed by atoms with Crippen molar-refractivity contribution >= 4 is 29.1 Å². The van der Waals surface area contributed by atoms with E-state index < -0.39 is 5.97 Å². The molecule has 0 amide bonds. The van der Waals surface area contributed by atoms with Crippen molar-refractivity contribution in [1.29, 1.82) is 0 Å². The van der Waals surface area contributed by atoms with Crippen LogP contribution in [0.1, 0.15) is 6.92 Å². The van der Waals surface area contributed by atoms with Crippen LogP contribution in [-0.2, 0) is 21.9 Å². The normalized spacial score (nSPS) is 10.6. The molecule has 1 aliphatic rings. The van der Waals surface area contributed by atoms with Gasteiger partial charge in [0.1, 0.15) is 0 Å². The van der Waals surface area contributed by atoms with Gasteiger partial charge in [-0.25, -0.2) is 0 Å². The van der Waals surface area contributed by atoms with E-state index in [4.69, 9.17) is 9.90 Å². The third kappa shape index (κ3) is 4.31. The first kappa shape index (κ1) is 15.6. The van der Waals surface area contributed by atoms with E-state index in [0.717, 1.165) is 6.92 Å². The molecule has 1 aliphatic heterocycles. The van der Waals surface area contributed by atoms with Crippen molar-refractivity contribution < 1.29 is 27.0 Å². The molecule has 5 heteroatoms. The maximum Gasteiger partial charge on any atom is 1.00 e. The van der Waals surface area contributed by atoms with Crippen molar-refractivity contribution in [2.24, 2.45) is 0 Å². The second-order valence-electron chi connectivity index (χ2n) is 3.71. The van der Waals surface area contributed by atoms with Gasteiger partial charge in [-0.1, -0.05) is 36.0 Å². The molecule has 19 heavy (non-hydrogen) atoms. The molecule has 0 fully saturated rings. The predicted octanol–water partition coefficient (Wildman–Crippen LogP) is 2.65. The van der Waals surface area contributed by atoms with Gasteiger partial charge in [0.15, 0.2) is 0 Å². The fourth-order valence-corrected chi connectivity index (χ4v) is 2.57. The molecule has 3 nitrogen and oxygen atoms in total. The molecule has 0 aromatic heterocycles. The molecule has 0 saturated carbocycles. The van der Waals surface area contributed by atoms with E-state index in [1.165, 1.54) is 21.2 Å². The Hall–Kier alpha value is -1.42. The predicted molar refractivity (Wildman–Crippen MR) is 71.0 cm³/mol. The third-order valence-corrected chi connectivity index (χ3v) is 3.42. The van der Waals surface area contributed by atoms with E-state index in [1.807, 2.05) is 11.8 Å². The molecule has 0 spiro atoms. The van der Waals surface area contributed by atoms with E-state index >= 15 is 0 Å². The van der Waals surface area contributed by atoms with E-state index in [9.17, 15) is 0 Å². The summed E-state index contributed by atoms with van der Waals surface area (Å²) in [5, 5.41) is 12.3. The molecule has 0 aliphatic carbocycles. The Balaban J connectivity index is 0.000000323. The van der Waals surface area contributed by atoms with Crippen LogP contribution in [0.4, 0.5) is 11.4 Å². The Kier molecular flexibility index (Phi) is 5.96. The fraction of sp³-hybridized carbons (Fsp3) is 0.0714. The molecule has 1 heterocycles. The van der Waals surface area contributed by atoms with Gasteiger partial charge in [0, 0.05) is 15.8 Å². The van der Waals surface area contributed by atoms with Crippen molar-refractivity contribution in [2.75, 3.05) is 5.32 Å². The molecule has 2 aromatic carbocycles. The summed E-state index contributed by atoms with van der Waals surface area (Å²) in [5.41, 5.74) is 2.41. The number of hydrogen-bond donors (Lipinski definition) is 1.